The van der Waals surface area contributed by atoms with Crippen LogP contribution in [0.4, 0.5) is 0 Å². The Kier molecular flexibility index (Phi) is 5.51. The predicted molar refractivity (Wildman–Crippen MR) is 93.0 cm³/mol. The lowest BCUT2D eigenvalue weighted by Crippen LogP contribution is -1.91. The second-order valence-electron chi connectivity index (χ2n) is 5.09. The van der Waals surface area contributed by atoms with Crippen molar-refractivity contribution >= 4 is 6.29 Å². The van der Waals surface area contributed by atoms with Crippen LogP contribution in [0.3, 0.4) is 0 Å². The molecule has 2 aliphatic carbocycles. The number of hydrogen-bond donors (Lipinski definition) is 0. The van der Waals surface area contributed by atoms with Gasteiger partial charge in [0.25, 0.3) is 0 Å². The Morgan fingerprint density at radius 3 is 2.32 bits per heavy atom. The van der Waals surface area contributed by atoms with Crippen LogP contribution >= 0.6 is 0 Å². The van der Waals surface area contributed by atoms with Gasteiger partial charge in [0.1, 0.15) is 0 Å². The quantitative estimate of drug-likeness (QED) is 0.322. The predicted octanol–water partition coefficient (Wildman–Crippen LogP) is 4.56. The van der Waals surface area contributed by atoms with Crippen LogP contribution in [0, 0.1) is 12.3 Å². The maximum atomic E-state index is 11.4. The van der Waals surface area contributed by atoms with Gasteiger partial charge in [0.05, 0.1) is 0 Å². The summed E-state index contributed by atoms with van der Waals surface area (Å²) >= 11 is 0. The van der Waals surface area contributed by atoms with Crippen LogP contribution < -0.4 is 0 Å². The van der Waals surface area contributed by atoms with E-state index in [1.54, 1.807) is 12.2 Å². The third kappa shape index (κ3) is 4.33. The zero-order chi connectivity index (χ0) is 15.8. The van der Waals surface area contributed by atoms with Gasteiger partial charge in [-0.2, -0.15) is 0 Å². The van der Waals surface area contributed by atoms with Gasteiger partial charge in [0.15, 0.2) is 6.29 Å². The van der Waals surface area contributed by atoms with Crippen molar-refractivity contribution in [3.8, 4) is 12.3 Å². The van der Waals surface area contributed by atoms with E-state index in [-0.39, 0.29) is 0 Å². The summed E-state index contributed by atoms with van der Waals surface area (Å²) in [7, 11) is 0. The fraction of sp³-hybridized carbons (Fsp3) is 0.0952. The molecule has 0 saturated heterocycles. The van der Waals surface area contributed by atoms with Crippen molar-refractivity contribution in [1.82, 2.24) is 0 Å². The van der Waals surface area contributed by atoms with Gasteiger partial charge in [0.2, 0.25) is 0 Å². The number of fused-ring (bicyclic) bond motifs is 2. The largest absolute Gasteiger partial charge is 0.298 e. The lowest BCUT2D eigenvalue weighted by Gasteiger charge is -2.07. The van der Waals surface area contributed by atoms with Crippen molar-refractivity contribution < 1.29 is 4.79 Å². The highest BCUT2D eigenvalue weighted by atomic mass is 16.1. The fourth-order valence-electron chi connectivity index (χ4n) is 2.13. The first-order valence-electron chi connectivity index (χ1n) is 7.16. The van der Waals surface area contributed by atoms with E-state index < -0.39 is 0 Å². The molecule has 0 unspecified atom stereocenters. The first-order chi connectivity index (χ1) is 10.7. The van der Waals surface area contributed by atoms with Crippen molar-refractivity contribution in [2.75, 3.05) is 0 Å². The van der Waals surface area contributed by atoms with E-state index in [0.717, 1.165) is 23.9 Å². The van der Waals surface area contributed by atoms with Crippen LogP contribution in [0.5, 0.6) is 0 Å². The molecule has 0 fully saturated rings. The molecule has 0 radical (unpaired) electrons. The Balaban J connectivity index is 2.38. The van der Waals surface area contributed by atoms with Crippen molar-refractivity contribution in [2.24, 2.45) is 0 Å². The molecule has 0 heterocycles. The number of hydrogen-bond acceptors (Lipinski definition) is 1. The molecule has 108 valence electrons. The van der Waals surface area contributed by atoms with Crippen LogP contribution in [0.25, 0.3) is 0 Å². The summed E-state index contributed by atoms with van der Waals surface area (Å²) in [5, 5.41) is 0. The molecule has 0 atom stereocenters. The molecule has 0 saturated carbocycles. The minimum Gasteiger partial charge on any atom is -0.298 e. The minimum absolute atomic E-state index is 0.626. The minimum atomic E-state index is 0.626. The molecule has 0 spiro atoms. The van der Waals surface area contributed by atoms with E-state index in [0.29, 0.717) is 5.57 Å². The Bertz CT molecular complexity index is 701. The molecule has 0 aromatic carbocycles. The molecule has 0 aromatic rings. The molecular formula is C21H18O. The van der Waals surface area contributed by atoms with Crippen molar-refractivity contribution in [3.63, 3.8) is 0 Å². The smallest absolute Gasteiger partial charge is 0.150 e. The molecule has 2 aliphatic rings. The molecular weight excluding hydrogens is 268 g/mol. The SMILES string of the molecule is C#C/C(C)=C\C=C/C(C=O)=C1/C=C\C2=CC=CC=C(/C=C\1)C2. The summed E-state index contributed by atoms with van der Waals surface area (Å²) in [5.41, 5.74) is 4.78. The second kappa shape index (κ2) is 7.81. The van der Waals surface area contributed by atoms with Gasteiger partial charge in [-0.3, -0.25) is 4.79 Å². The first kappa shape index (κ1) is 15.5. The first-order valence-corrected chi connectivity index (χ1v) is 7.16. The number of carbonyl (C=O) groups excluding carboxylic acids is 1. The van der Waals surface area contributed by atoms with E-state index >= 15 is 0 Å². The Hall–Kier alpha value is -2.85. The highest BCUT2D eigenvalue weighted by Gasteiger charge is 2.04. The zero-order valence-corrected chi connectivity index (χ0v) is 12.6. The van der Waals surface area contributed by atoms with Crippen molar-refractivity contribution in [1.29, 1.82) is 0 Å². The van der Waals surface area contributed by atoms with Gasteiger partial charge in [-0.15, -0.1) is 6.42 Å². The van der Waals surface area contributed by atoms with Crippen LogP contribution in [-0.2, 0) is 4.79 Å². The Morgan fingerprint density at radius 1 is 1.14 bits per heavy atom. The Morgan fingerprint density at radius 2 is 1.77 bits per heavy atom. The van der Waals surface area contributed by atoms with E-state index in [1.165, 1.54) is 11.1 Å². The zero-order valence-electron chi connectivity index (χ0n) is 12.6. The summed E-state index contributed by atoms with van der Waals surface area (Å²) in [6, 6.07) is 0. The monoisotopic (exact) mass is 286 g/mol. The Labute approximate surface area is 132 Å². The van der Waals surface area contributed by atoms with Gasteiger partial charge < -0.3 is 0 Å². The van der Waals surface area contributed by atoms with Gasteiger partial charge in [-0.25, -0.2) is 0 Å². The summed E-state index contributed by atoms with van der Waals surface area (Å²) in [6.45, 7) is 1.85. The standard InChI is InChI=1S/C21H18O/c1-3-17(2)7-6-10-21(16-22)20-13-11-18-8-4-5-9-19(15-18)12-14-20/h1,4-14,16H,15H2,2H3/b10-6-,13-11-,14-12-,17-7-. The maximum absolute atomic E-state index is 11.4. The number of terminal acetylenes is 1. The van der Waals surface area contributed by atoms with Crippen LogP contribution in [-0.4, -0.2) is 6.29 Å². The van der Waals surface area contributed by atoms with Crippen LogP contribution in [0.2, 0.25) is 0 Å². The molecule has 1 heteroatoms. The normalized spacial score (nSPS) is 20.2. The number of rotatable bonds is 3. The average Bonchev–Trinajstić information content (AvgIpc) is 2.77. The third-order valence-electron chi connectivity index (χ3n) is 3.40. The lowest BCUT2D eigenvalue weighted by molar-refractivity contribution is -0.104. The van der Waals surface area contributed by atoms with E-state index in [2.05, 4.69) is 30.2 Å². The van der Waals surface area contributed by atoms with Crippen LogP contribution in [0.15, 0.2) is 94.7 Å². The van der Waals surface area contributed by atoms with E-state index in [1.807, 2.05) is 37.3 Å². The van der Waals surface area contributed by atoms with Gasteiger partial charge >= 0.3 is 0 Å². The second-order valence-corrected chi connectivity index (χ2v) is 5.09. The van der Waals surface area contributed by atoms with Gasteiger partial charge in [-0.05, 0) is 35.6 Å². The summed E-state index contributed by atoms with van der Waals surface area (Å²) in [4.78, 5) is 11.4. The number of carbonyl (C=O) groups is 1. The summed E-state index contributed by atoms with van der Waals surface area (Å²) in [6.07, 6.45) is 28.8. The molecule has 0 aromatic heterocycles. The van der Waals surface area contributed by atoms with Crippen LogP contribution in [0.1, 0.15) is 13.3 Å². The van der Waals surface area contributed by atoms with E-state index in [9.17, 15) is 4.79 Å². The van der Waals surface area contributed by atoms with Crippen molar-refractivity contribution in [2.45, 2.75) is 13.3 Å². The molecule has 2 bridgehead atoms. The highest BCUT2D eigenvalue weighted by Crippen LogP contribution is 2.22. The third-order valence-corrected chi connectivity index (χ3v) is 3.40. The molecule has 0 N–H and O–H groups in total. The maximum Gasteiger partial charge on any atom is 0.150 e. The van der Waals surface area contributed by atoms with E-state index in [4.69, 9.17) is 6.42 Å². The number of allylic oxidation sites excluding steroid dienone is 16. The number of aldehydes is 1. The van der Waals surface area contributed by atoms with Crippen molar-refractivity contribution in [3.05, 3.63) is 94.7 Å². The van der Waals surface area contributed by atoms with Gasteiger partial charge in [0, 0.05) is 5.57 Å². The molecule has 1 nitrogen and oxygen atoms in total. The average molecular weight is 286 g/mol. The summed E-state index contributed by atoms with van der Waals surface area (Å²) < 4.78 is 0. The topological polar surface area (TPSA) is 17.1 Å². The molecule has 2 rings (SSSR count). The molecule has 0 amide bonds. The van der Waals surface area contributed by atoms with Gasteiger partial charge in [-0.1, -0.05) is 72.8 Å². The molecule has 0 aliphatic heterocycles. The fourth-order valence-corrected chi connectivity index (χ4v) is 2.13. The molecule has 22 heavy (non-hydrogen) atoms. The lowest BCUT2D eigenvalue weighted by atomic mass is 9.98. The summed E-state index contributed by atoms with van der Waals surface area (Å²) in [5.74, 6) is 2.54. The highest BCUT2D eigenvalue weighted by molar-refractivity contribution is 5.81.